The Hall–Kier alpha value is -1.16. The number of hydrogen-bond acceptors (Lipinski definition) is 2. The highest BCUT2D eigenvalue weighted by atomic mass is 19.3. The van der Waals surface area contributed by atoms with Crippen LogP contribution in [0.25, 0.3) is 0 Å². The molecule has 0 heterocycles. The van der Waals surface area contributed by atoms with E-state index in [1.165, 1.54) is 13.2 Å². The molecule has 0 atom stereocenters. The number of halogens is 2. The van der Waals surface area contributed by atoms with Crippen molar-refractivity contribution in [3.8, 4) is 5.75 Å². The third kappa shape index (κ3) is 3.42. The number of aryl methyl sites for hydroxylation is 1. The largest absolute Gasteiger partial charge is 0.496 e. The van der Waals surface area contributed by atoms with Crippen LogP contribution in [0, 0.1) is 6.92 Å². The van der Waals surface area contributed by atoms with Crippen LogP contribution >= 0.6 is 0 Å². The van der Waals surface area contributed by atoms with E-state index < -0.39 is 11.5 Å². The van der Waals surface area contributed by atoms with Gasteiger partial charge in [0.15, 0.2) is 0 Å². The van der Waals surface area contributed by atoms with Crippen molar-refractivity contribution < 1.29 is 13.5 Å². The average Bonchev–Trinajstić information content (AvgIpc) is 2.17. The van der Waals surface area contributed by atoms with E-state index in [9.17, 15) is 8.78 Å². The van der Waals surface area contributed by atoms with Gasteiger partial charge in [0, 0.05) is 12.5 Å². The minimum atomic E-state index is -2.92. The maximum atomic E-state index is 13.5. The Balaban J connectivity index is 3.40. The molecule has 0 radical (unpaired) electrons. The topological polar surface area (TPSA) is 35.2 Å². The second-order valence-corrected chi connectivity index (χ2v) is 5.50. The third-order valence-corrected chi connectivity index (χ3v) is 2.80. The van der Waals surface area contributed by atoms with Crippen molar-refractivity contribution in [2.24, 2.45) is 5.73 Å². The van der Waals surface area contributed by atoms with Gasteiger partial charge in [-0.15, -0.1) is 0 Å². The Morgan fingerprint density at radius 2 is 1.78 bits per heavy atom. The van der Waals surface area contributed by atoms with Gasteiger partial charge in [0.1, 0.15) is 5.75 Å². The zero-order valence-electron chi connectivity index (χ0n) is 11.6. The van der Waals surface area contributed by atoms with Crippen molar-refractivity contribution in [3.05, 3.63) is 28.8 Å². The average molecular weight is 257 g/mol. The zero-order chi connectivity index (χ0) is 14.1. The van der Waals surface area contributed by atoms with Crippen molar-refractivity contribution in [1.29, 1.82) is 0 Å². The standard InChI is InChI=1S/C14H21F2NO/c1-9-6-7-11(14(4,15)16)12(18-5)10(9)8-13(2,3)17/h6-7H,8,17H2,1-5H3. The lowest BCUT2D eigenvalue weighted by Gasteiger charge is -2.24. The predicted octanol–water partition coefficient (Wildman–Crippen LogP) is 3.40. The summed E-state index contributed by atoms with van der Waals surface area (Å²) in [5, 5.41) is 0. The summed E-state index contributed by atoms with van der Waals surface area (Å²) in [7, 11) is 1.41. The Kier molecular flexibility index (Phi) is 4.01. The monoisotopic (exact) mass is 257 g/mol. The molecule has 2 N–H and O–H groups in total. The number of benzene rings is 1. The predicted molar refractivity (Wildman–Crippen MR) is 69.3 cm³/mol. The molecule has 0 bridgehead atoms. The first-order valence-corrected chi connectivity index (χ1v) is 5.90. The molecule has 0 unspecified atom stereocenters. The lowest BCUT2D eigenvalue weighted by Crippen LogP contribution is -2.35. The molecule has 4 heteroatoms. The molecule has 0 saturated heterocycles. The summed E-state index contributed by atoms with van der Waals surface area (Å²) in [5.74, 6) is -2.67. The Morgan fingerprint density at radius 1 is 1.22 bits per heavy atom. The van der Waals surface area contributed by atoms with Crippen LogP contribution in [0.1, 0.15) is 37.5 Å². The van der Waals surface area contributed by atoms with E-state index in [-0.39, 0.29) is 11.3 Å². The van der Waals surface area contributed by atoms with E-state index in [4.69, 9.17) is 10.5 Å². The van der Waals surface area contributed by atoms with E-state index in [0.29, 0.717) is 6.42 Å². The first-order chi connectivity index (χ1) is 8.06. The molecular weight excluding hydrogens is 236 g/mol. The summed E-state index contributed by atoms with van der Waals surface area (Å²) in [5.41, 5.74) is 7.08. The molecule has 0 fully saturated rings. The van der Waals surface area contributed by atoms with Crippen molar-refractivity contribution >= 4 is 0 Å². The smallest absolute Gasteiger partial charge is 0.274 e. The van der Waals surface area contributed by atoms with Gasteiger partial charge in [-0.05, 0) is 44.4 Å². The molecule has 1 aromatic carbocycles. The fourth-order valence-electron chi connectivity index (χ4n) is 1.98. The summed E-state index contributed by atoms with van der Waals surface area (Å²) >= 11 is 0. The van der Waals surface area contributed by atoms with Gasteiger partial charge >= 0.3 is 0 Å². The van der Waals surface area contributed by atoms with Gasteiger partial charge in [-0.2, -0.15) is 0 Å². The van der Waals surface area contributed by atoms with Crippen LogP contribution in [-0.2, 0) is 12.3 Å². The van der Waals surface area contributed by atoms with E-state index in [1.54, 1.807) is 6.07 Å². The van der Waals surface area contributed by atoms with E-state index >= 15 is 0 Å². The molecule has 1 rings (SSSR count). The summed E-state index contributed by atoms with van der Waals surface area (Å²) in [6, 6.07) is 3.11. The minimum Gasteiger partial charge on any atom is -0.496 e. The minimum absolute atomic E-state index is 0.0881. The van der Waals surface area contributed by atoms with Crippen molar-refractivity contribution in [1.82, 2.24) is 0 Å². The summed E-state index contributed by atoms with van der Waals surface area (Å²) in [4.78, 5) is 0. The number of methoxy groups -OCH3 is 1. The van der Waals surface area contributed by atoms with Gasteiger partial charge in [-0.1, -0.05) is 6.07 Å². The number of hydrogen-bond donors (Lipinski definition) is 1. The van der Waals surface area contributed by atoms with E-state index in [0.717, 1.165) is 18.1 Å². The van der Waals surface area contributed by atoms with Gasteiger partial charge < -0.3 is 10.5 Å². The van der Waals surface area contributed by atoms with Gasteiger partial charge in [0.05, 0.1) is 12.7 Å². The van der Waals surface area contributed by atoms with E-state index in [1.807, 2.05) is 20.8 Å². The maximum absolute atomic E-state index is 13.5. The second kappa shape index (κ2) is 4.84. The van der Waals surface area contributed by atoms with Gasteiger partial charge in [-0.25, -0.2) is 8.78 Å². The normalized spacial score (nSPS) is 12.7. The van der Waals surface area contributed by atoms with Crippen LogP contribution in [0.3, 0.4) is 0 Å². The Morgan fingerprint density at radius 3 is 2.17 bits per heavy atom. The first kappa shape index (κ1) is 14.9. The second-order valence-electron chi connectivity index (χ2n) is 5.50. The van der Waals surface area contributed by atoms with Crippen molar-refractivity contribution in [2.45, 2.75) is 45.6 Å². The lowest BCUT2D eigenvalue weighted by atomic mass is 9.90. The van der Waals surface area contributed by atoms with E-state index in [2.05, 4.69) is 0 Å². The van der Waals surface area contributed by atoms with Crippen LogP contribution in [0.15, 0.2) is 12.1 Å². The third-order valence-electron chi connectivity index (χ3n) is 2.80. The SMILES string of the molecule is COc1c(C(C)(F)F)ccc(C)c1CC(C)(C)N. The molecule has 1 aromatic rings. The molecule has 0 spiro atoms. The molecule has 2 nitrogen and oxygen atoms in total. The molecular formula is C14H21F2NO. The first-order valence-electron chi connectivity index (χ1n) is 5.90. The number of ether oxygens (including phenoxy) is 1. The summed E-state index contributed by atoms with van der Waals surface area (Å²) < 4.78 is 32.3. The summed E-state index contributed by atoms with van der Waals surface area (Å²) in [6.45, 7) is 6.48. The van der Waals surface area contributed by atoms with Crippen LogP contribution < -0.4 is 10.5 Å². The number of nitrogens with two attached hydrogens (primary N) is 1. The van der Waals surface area contributed by atoms with Crippen molar-refractivity contribution in [2.75, 3.05) is 7.11 Å². The summed E-state index contributed by atoms with van der Waals surface area (Å²) in [6.07, 6.45) is 0.492. The highest BCUT2D eigenvalue weighted by Gasteiger charge is 2.31. The van der Waals surface area contributed by atoms with Crippen LogP contribution in [0.4, 0.5) is 8.78 Å². The fourth-order valence-corrected chi connectivity index (χ4v) is 1.98. The van der Waals surface area contributed by atoms with Crippen LogP contribution in [0.2, 0.25) is 0 Å². The molecule has 102 valence electrons. The van der Waals surface area contributed by atoms with Crippen LogP contribution in [0.5, 0.6) is 5.75 Å². The van der Waals surface area contributed by atoms with Gasteiger partial charge in [0.25, 0.3) is 5.92 Å². The molecule has 0 amide bonds. The maximum Gasteiger partial charge on any atom is 0.274 e. The molecule has 0 aliphatic rings. The Labute approximate surface area is 107 Å². The molecule has 0 aromatic heterocycles. The van der Waals surface area contributed by atoms with Gasteiger partial charge in [0.2, 0.25) is 0 Å². The molecule has 0 aliphatic heterocycles. The van der Waals surface area contributed by atoms with Crippen LogP contribution in [-0.4, -0.2) is 12.6 Å². The van der Waals surface area contributed by atoms with Crippen molar-refractivity contribution in [3.63, 3.8) is 0 Å². The quantitative estimate of drug-likeness (QED) is 0.897. The molecule has 18 heavy (non-hydrogen) atoms. The highest BCUT2D eigenvalue weighted by molar-refractivity contribution is 5.48. The number of rotatable bonds is 4. The lowest BCUT2D eigenvalue weighted by molar-refractivity contribution is 0.0149. The molecule has 0 saturated carbocycles. The fraction of sp³-hybridized carbons (Fsp3) is 0.571. The molecule has 0 aliphatic carbocycles. The Bertz CT molecular complexity index is 431. The highest BCUT2D eigenvalue weighted by Crippen LogP contribution is 2.38. The zero-order valence-corrected chi connectivity index (χ0v) is 11.6. The van der Waals surface area contributed by atoms with Gasteiger partial charge in [-0.3, -0.25) is 0 Å². The number of alkyl halides is 2.